The van der Waals surface area contributed by atoms with Crippen LogP contribution >= 0.6 is 0 Å². The Hall–Kier alpha value is -5.98. The first-order valence-corrected chi connectivity index (χ1v) is 16.3. The standard InChI is InChI=1S/C38H36F3N5O5/c39-38(40,41)36(50)51-32(47)24-31(26-14-6-1-7-15-26)46-33(27-16-8-2-9-17-27)35(49)45(28-18-10-3-11-19-28)30-21-20-25(23-29(30)34(46)48)13-5-4-12-22-44-37(42)43/h1-3,6-11,14-21,23,31,33H,4-5,12-13,22,24H2,(H4,42,43,44). The van der Waals surface area contributed by atoms with E-state index in [1.807, 2.05) is 6.07 Å². The molecule has 1 aliphatic heterocycles. The van der Waals surface area contributed by atoms with Crippen LogP contribution in [0.4, 0.5) is 24.5 Å². The van der Waals surface area contributed by atoms with Gasteiger partial charge in [-0.15, -0.1) is 0 Å². The summed E-state index contributed by atoms with van der Waals surface area (Å²) < 4.78 is 43.5. The van der Waals surface area contributed by atoms with E-state index in [9.17, 15) is 27.6 Å². The molecule has 5 rings (SSSR count). The number of halogens is 3. The number of para-hydroxylation sites is 1. The lowest BCUT2D eigenvalue weighted by molar-refractivity contribution is -0.202. The predicted octanol–water partition coefficient (Wildman–Crippen LogP) is 6.51. The molecule has 264 valence electrons. The molecule has 1 aliphatic rings. The molecule has 4 aromatic rings. The third kappa shape index (κ3) is 8.79. The second kappa shape index (κ2) is 16.2. The van der Waals surface area contributed by atoms with Gasteiger partial charge < -0.3 is 20.7 Å². The fourth-order valence-electron chi connectivity index (χ4n) is 6.09. The van der Waals surface area contributed by atoms with Crippen LogP contribution in [0.3, 0.4) is 0 Å². The summed E-state index contributed by atoms with van der Waals surface area (Å²) >= 11 is 0. The number of amides is 2. The number of benzene rings is 4. The number of ether oxygens (including phenoxy) is 1. The monoisotopic (exact) mass is 699 g/mol. The van der Waals surface area contributed by atoms with Crippen LogP contribution < -0.4 is 16.0 Å². The lowest BCUT2D eigenvalue weighted by Crippen LogP contribution is -2.44. The first kappa shape index (κ1) is 36.3. The highest BCUT2D eigenvalue weighted by Crippen LogP contribution is 2.44. The largest absolute Gasteiger partial charge is 0.491 e. The highest BCUT2D eigenvalue weighted by molar-refractivity contribution is 6.14. The molecule has 1 heterocycles. The molecule has 0 spiro atoms. The second-order valence-corrected chi connectivity index (χ2v) is 11.9. The van der Waals surface area contributed by atoms with Gasteiger partial charge in [0.25, 0.3) is 11.8 Å². The van der Waals surface area contributed by atoms with E-state index >= 15 is 4.79 Å². The van der Waals surface area contributed by atoms with Crippen LogP contribution in [-0.4, -0.2) is 47.3 Å². The number of fused-ring (bicyclic) bond motifs is 1. The lowest BCUT2D eigenvalue weighted by atomic mass is 9.95. The zero-order valence-corrected chi connectivity index (χ0v) is 27.4. The summed E-state index contributed by atoms with van der Waals surface area (Å²) in [6, 6.07) is 27.8. The zero-order valence-electron chi connectivity index (χ0n) is 27.4. The molecule has 10 nitrogen and oxygen atoms in total. The maximum atomic E-state index is 15.1. The molecule has 2 atom stereocenters. The van der Waals surface area contributed by atoms with Crippen molar-refractivity contribution in [3.8, 4) is 0 Å². The topological polar surface area (TPSA) is 146 Å². The van der Waals surface area contributed by atoms with Crippen molar-refractivity contribution in [1.29, 1.82) is 5.41 Å². The molecule has 2 unspecified atom stereocenters. The van der Waals surface area contributed by atoms with Crippen LogP contribution in [0.15, 0.2) is 109 Å². The van der Waals surface area contributed by atoms with Crippen LogP contribution in [0.5, 0.6) is 0 Å². The van der Waals surface area contributed by atoms with Gasteiger partial charge in [-0.05, 0) is 60.2 Å². The molecule has 0 radical (unpaired) electrons. The van der Waals surface area contributed by atoms with E-state index in [0.29, 0.717) is 29.8 Å². The van der Waals surface area contributed by atoms with Gasteiger partial charge in [0.05, 0.1) is 23.7 Å². The van der Waals surface area contributed by atoms with Crippen molar-refractivity contribution in [2.24, 2.45) is 5.73 Å². The lowest BCUT2D eigenvalue weighted by Gasteiger charge is -2.37. The molecule has 0 fully saturated rings. The molecule has 2 amide bonds. The van der Waals surface area contributed by atoms with Gasteiger partial charge in [0, 0.05) is 12.2 Å². The number of unbranched alkanes of at least 4 members (excludes halogenated alkanes) is 2. The maximum absolute atomic E-state index is 15.1. The van der Waals surface area contributed by atoms with Crippen molar-refractivity contribution in [3.05, 3.63) is 131 Å². The Labute approximate surface area is 292 Å². The van der Waals surface area contributed by atoms with E-state index < -0.39 is 48.4 Å². The zero-order chi connectivity index (χ0) is 36.5. The number of nitrogens with zero attached hydrogens (tertiary/aromatic N) is 2. The summed E-state index contributed by atoms with van der Waals surface area (Å²) in [6.45, 7) is 0.542. The van der Waals surface area contributed by atoms with E-state index in [0.717, 1.165) is 24.8 Å². The van der Waals surface area contributed by atoms with Crippen molar-refractivity contribution in [3.63, 3.8) is 0 Å². The minimum atomic E-state index is -5.42. The summed E-state index contributed by atoms with van der Waals surface area (Å²) in [5.41, 5.74) is 7.78. The third-order valence-electron chi connectivity index (χ3n) is 8.40. The van der Waals surface area contributed by atoms with Gasteiger partial charge in [0.15, 0.2) is 5.96 Å². The average Bonchev–Trinajstić information content (AvgIpc) is 3.20. The molecule has 4 aromatic carbocycles. The molecule has 0 aliphatic carbocycles. The number of anilines is 2. The summed E-state index contributed by atoms with van der Waals surface area (Å²) in [6.07, 6.45) is -3.39. The average molecular weight is 700 g/mol. The fraction of sp³-hybridized carbons (Fsp3) is 0.237. The Morgan fingerprint density at radius 3 is 2.12 bits per heavy atom. The number of guanidine groups is 1. The van der Waals surface area contributed by atoms with Crippen molar-refractivity contribution in [2.45, 2.75) is 50.4 Å². The van der Waals surface area contributed by atoms with Gasteiger partial charge >= 0.3 is 18.1 Å². The number of nitrogens with two attached hydrogens (primary N) is 1. The molecule has 0 saturated carbocycles. The van der Waals surface area contributed by atoms with Crippen LogP contribution in [0.1, 0.15) is 64.8 Å². The first-order chi connectivity index (χ1) is 24.5. The van der Waals surface area contributed by atoms with Gasteiger partial charge in [-0.2, -0.15) is 13.2 Å². The van der Waals surface area contributed by atoms with E-state index in [4.69, 9.17) is 11.1 Å². The minimum absolute atomic E-state index is 0.107. The molecule has 51 heavy (non-hydrogen) atoms. The van der Waals surface area contributed by atoms with E-state index in [-0.39, 0.29) is 17.2 Å². The van der Waals surface area contributed by atoms with Crippen molar-refractivity contribution in [1.82, 2.24) is 10.2 Å². The number of hydrogen-bond donors (Lipinski definition) is 3. The third-order valence-corrected chi connectivity index (χ3v) is 8.40. The summed E-state index contributed by atoms with van der Waals surface area (Å²) in [5, 5.41) is 10.1. The van der Waals surface area contributed by atoms with Crippen molar-refractivity contribution in [2.75, 3.05) is 11.4 Å². The van der Waals surface area contributed by atoms with Crippen molar-refractivity contribution < 1.29 is 37.1 Å². The van der Waals surface area contributed by atoms with Crippen molar-refractivity contribution >= 4 is 41.1 Å². The molecule has 13 heteroatoms. The van der Waals surface area contributed by atoms with E-state index in [1.165, 1.54) is 9.80 Å². The van der Waals surface area contributed by atoms with E-state index in [2.05, 4.69) is 10.1 Å². The molecule has 0 aromatic heterocycles. The number of carbonyl (C=O) groups is 4. The number of alkyl halides is 3. The van der Waals surface area contributed by atoms with Gasteiger partial charge in [-0.1, -0.05) is 91.3 Å². The Morgan fingerprint density at radius 2 is 1.49 bits per heavy atom. The van der Waals surface area contributed by atoms with Gasteiger partial charge in [0.1, 0.15) is 6.04 Å². The SMILES string of the molecule is N=C(N)NCCCCCc1ccc2c(c1)C(=O)N(C(CC(=O)OC(=O)C(F)(F)F)c1ccccc1)C(c1ccccc1)C(=O)N2c1ccccc1. The van der Waals surface area contributed by atoms with Gasteiger partial charge in [0.2, 0.25) is 0 Å². The summed E-state index contributed by atoms with van der Waals surface area (Å²) in [5.74, 6) is -5.51. The maximum Gasteiger partial charge on any atom is 0.491 e. The Kier molecular flexibility index (Phi) is 11.5. The van der Waals surface area contributed by atoms with Gasteiger partial charge in [-0.25, -0.2) is 4.79 Å². The number of esters is 2. The van der Waals surface area contributed by atoms with E-state index in [1.54, 1.807) is 103 Å². The second-order valence-electron chi connectivity index (χ2n) is 11.9. The molecular weight excluding hydrogens is 663 g/mol. The van der Waals surface area contributed by atoms with Crippen LogP contribution in [-0.2, 0) is 25.5 Å². The number of hydrogen-bond acceptors (Lipinski definition) is 6. The summed E-state index contributed by atoms with van der Waals surface area (Å²) in [4.78, 5) is 57.4. The molecule has 0 bridgehead atoms. The minimum Gasteiger partial charge on any atom is -0.386 e. The van der Waals surface area contributed by atoms with Crippen LogP contribution in [0.25, 0.3) is 0 Å². The van der Waals surface area contributed by atoms with Crippen LogP contribution in [0.2, 0.25) is 0 Å². The Balaban J connectivity index is 1.64. The van der Waals surface area contributed by atoms with Crippen LogP contribution in [0, 0.1) is 5.41 Å². The number of nitrogens with one attached hydrogen (secondary N) is 2. The molecule has 0 saturated heterocycles. The number of aryl methyl sites for hydroxylation is 1. The fourth-order valence-corrected chi connectivity index (χ4v) is 6.09. The molecule has 4 N–H and O–H groups in total. The highest BCUT2D eigenvalue weighted by Gasteiger charge is 2.47. The quantitative estimate of drug-likeness (QED) is 0.0503. The Bertz CT molecular complexity index is 1870. The number of carbonyl (C=O) groups excluding carboxylic acids is 4. The normalized spacial score (nSPS) is 15.1. The van der Waals surface area contributed by atoms with Gasteiger partial charge in [-0.3, -0.25) is 24.7 Å². The smallest absolute Gasteiger partial charge is 0.386 e. The molecular formula is C38H36F3N5O5. The predicted molar refractivity (Wildman–Crippen MR) is 184 cm³/mol. The number of rotatable bonds is 12. The highest BCUT2D eigenvalue weighted by atomic mass is 19.4. The first-order valence-electron chi connectivity index (χ1n) is 16.3. The summed E-state index contributed by atoms with van der Waals surface area (Å²) in [7, 11) is 0. The Morgan fingerprint density at radius 1 is 0.863 bits per heavy atom.